The van der Waals surface area contributed by atoms with Crippen molar-refractivity contribution < 1.29 is 28.9 Å². The summed E-state index contributed by atoms with van der Waals surface area (Å²) >= 11 is 0. The number of hydrogen-bond donors (Lipinski definition) is 1. The van der Waals surface area contributed by atoms with Gasteiger partial charge in [0.2, 0.25) is 0 Å². The summed E-state index contributed by atoms with van der Waals surface area (Å²) < 4.78 is 16.3. The van der Waals surface area contributed by atoms with Crippen LogP contribution in [0.5, 0.6) is 5.75 Å². The number of hydrogen-bond acceptors (Lipinski definition) is 6. The second-order valence-corrected chi connectivity index (χ2v) is 8.49. The van der Waals surface area contributed by atoms with Crippen LogP contribution in [0.2, 0.25) is 0 Å². The molecule has 0 saturated carbocycles. The number of carbonyl (C=O) groups is 2. The summed E-state index contributed by atoms with van der Waals surface area (Å²) in [6.45, 7) is 1.63. The van der Waals surface area contributed by atoms with Gasteiger partial charge in [-0.05, 0) is 49.2 Å². The number of para-hydroxylation sites is 2. The molecule has 1 N–H and O–H groups in total. The van der Waals surface area contributed by atoms with E-state index in [4.69, 9.17) is 14.2 Å². The van der Waals surface area contributed by atoms with Crippen LogP contribution in [0.1, 0.15) is 24.5 Å². The molecule has 4 rings (SSSR count). The Morgan fingerprint density at radius 1 is 0.917 bits per heavy atom. The first-order chi connectivity index (χ1) is 17.5. The highest BCUT2D eigenvalue weighted by molar-refractivity contribution is 5.95. The van der Waals surface area contributed by atoms with Crippen molar-refractivity contribution in [2.24, 2.45) is 0 Å². The van der Waals surface area contributed by atoms with Crippen LogP contribution in [0.15, 0.2) is 84.9 Å². The number of ether oxygens (including phenoxy) is 3. The van der Waals surface area contributed by atoms with E-state index in [0.29, 0.717) is 17.1 Å². The molecule has 7 nitrogen and oxygen atoms in total. The van der Waals surface area contributed by atoms with Gasteiger partial charge < -0.3 is 19.3 Å². The third-order valence-corrected chi connectivity index (χ3v) is 5.78. The Morgan fingerprint density at radius 3 is 2.22 bits per heavy atom. The fraction of sp³-hybridized carbons (Fsp3) is 0.241. The number of benzene rings is 3. The molecule has 3 aromatic rings. The van der Waals surface area contributed by atoms with Gasteiger partial charge in [-0.15, -0.1) is 0 Å². The summed E-state index contributed by atoms with van der Waals surface area (Å²) in [7, 11) is 0. The molecule has 0 aliphatic heterocycles. The molecule has 1 aliphatic rings. The Hall–Kier alpha value is -4.10. The van der Waals surface area contributed by atoms with Crippen LogP contribution in [-0.4, -0.2) is 42.6 Å². The third-order valence-electron chi connectivity index (χ3n) is 5.78. The number of anilines is 2. The molecule has 3 aromatic carbocycles. The van der Waals surface area contributed by atoms with E-state index in [1.807, 2.05) is 78.9 Å². The number of aliphatic hydroxyl groups is 1. The van der Waals surface area contributed by atoms with Gasteiger partial charge in [-0.25, -0.2) is 14.5 Å². The average molecular weight is 488 g/mol. The lowest BCUT2D eigenvalue weighted by Gasteiger charge is -2.28. The molecule has 1 atom stereocenters. The predicted molar refractivity (Wildman–Crippen MR) is 137 cm³/mol. The predicted octanol–water partition coefficient (Wildman–Crippen LogP) is 5.29. The Bertz CT molecular complexity index is 1170. The summed E-state index contributed by atoms with van der Waals surface area (Å²) in [4.78, 5) is 26.4. The zero-order valence-corrected chi connectivity index (χ0v) is 20.1. The first-order valence-corrected chi connectivity index (χ1v) is 11.9. The average Bonchev–Trinajstić information content (AvgIpc) is 3.07. The quantitative estimate of drug-likeness (QED) is 0.435. The molecule has 0 aromatic heterocycles. The van der Waals surface area contributed by atoms with Gasteiger partial charge in [-0.3, -0.25) is 0 Å². The fourth-order valence-electron chi connectivity index (χ4n) is 4.11. The van der Waals surface area contributed by atoms with Gasteiger partial charge in [-0.2, -0.15) is 0 Å². The molecule has 36 heavy (non-hydrogen) atoms. The van der Waals surface area contributed by atoms with Crippen molar-refractivity contribution in [2.75, 3.05) is 24.7 Å². The van der Waals surface area contributed by atoms with Crippen LogP contribution in [0.3, 0.4) is 0 Å². The molecule has 7 heteroatoms. The largest absolute Gasteiger partial charge is 0.481 e. The highest BCUT2D eigenvalue weighted by Gasteiger charge is 2.32. The molecule has 0 spiro atoms. The molecule has 0 heterocycles. The maximum Gasteiger partial charge on any atom is 0.419 e. The monoisotopic (exact) mass is 487 g/mol. The number of amides is 1. The first kappa shape index (κ1) is 25.0. The lowest BCUT2D eigenvalue weighted by atomic mass is 9.92. The van der Waals surface area contributed by atoms with Crippen LogP contribution in [0.4, 0.5) is 16.2 Å². The fourth-order valence-corrected chi connectivity index (χ4v) is 4.11. The Kier molecular flexibility index (Phi) is 8.02. The second kappa shape index (κ2) is 11.6. The van der Waals surface area contributed by atoms with Crippen molar-refractivity contribution in [1.29, 1.82) is 0 Å². The van der Waals surface area contributed by atoms with Crippen molar-refractivity contribution in [3.05, 3.63) is 96.1 Å². The standard InChI is InChI=1S/C29H29NO6/c1-2-34-27(31)20-35-26-17-9-11-22-19-29(33,18-10-16-25(22)26)21-36-28(32)30(23-12-5-3-6-13-23)24-14-7-4-8-15-24/h3-17,33H,2,18-21H2,1H3. The first-order valence-electron chi connectivity index (χ1n) is 11.9. The minimum Gasteiger partial charge on any atom is -0.481 e. The molecule has 0 radical (unpaired) electrons. The zero-order valence-electron chi connectivity index (χ0n) is 20.1. The number of rotatable bonds is 8. The third kappa shape index (κ3) is 6.12. The van der Waals surface area contributed by atoms with Gasteiger partial charge in [-0.1, -0.05) is 60.7 Å². The smallest absolute Gasteiger partial charge is 0.419 e. The van der Waals surface area contributed by atoms with Crippen molar-refractivity contribution in [3.8, 4) is 5.75 Å². The minimum absolute atomic E-state index is 0.195. The van der Waals surface area contributed by atoms with E-state index in [2.05, 4.69) is 0 Å². The molecule has 0 fully saturated rings. The van der Waals surface area contributed by atoms with Crippen LogP contribution in [-0.2, 0) is 20.7 Å². The van der Waals surface area contributed by atoms with Gasteiger partial charge in [0.15, 0.2) is 6.61 Å². The molecule has 0 saturated heterocycles. The van der Waals surface area contributed by atoms with Crippen molar-refractivity contribution in [3.63, 3.8) is 0 Å². The van der Waals surface area contributed by atoms with E-state index >= 15 is 0 Å². The van der Waals surface area contributed by atoms with Crippen LogP contribution < -0.4 is 9.64 Å². The van der Waals surface area contributed by atoms with Gasteiger partial charge in [0.25, 0.3) is 0 Å². The van der Waals surface area contributed by atoms with E-state index in [0.717, 1.165) is 11.1 Å². The van der Waals surface area contributed by atoms with E-state index in [9.17, 15) is 14.7 Å². The molecule has 1 unspecified atom stereocenters. The van der Waals surface area contributed by atoms with Crippen LogP contribution in [0, 0.1) is 0 Å². The summed E-state index contributed by atoms with van der Waals surface area (Å²) in [5, 5.41) is 11.4. The topological polar surface area (TPSA) is 85.3 Å². The van der Waals surface area contributed by atoms with E-state index in [1.54, 1.807) is 19.1 Å². The van der Waals surface area contributed by atoms with E-state index in [1.165, 1.54) is 4.90 Å². The SMILES string of the molecule is CCOC(=O)COc1cccc2c1C=CCC(O)(COC(=O)N(c1ccccc1)c1ccccc1)C2. The van der Waals surface area contributed by atoms with Gasteiger partial charge in [0, 0.05) is 12.0 Å². The minimum atomic E-state index is -1.31. The van der Waals surface area contributed by atoms with Crippen molar-refractivity contribution >= 4 is 29.5 Å². The normalized spacial score (nSPS) is 16.4. The number of esters is 1. The van der Waals surface area contributed by atoms with E-state index < -0.39 is 17.7 Å². The summed E-state index contributed by atoms with van der Waals surface area (Å²) in [5.74, 6) is 0.0786. The lowest BCUT2D eigenvalue weighted by molar-refractivity contribution is -0.145. The molecule has 1 amide bonds. The molecular formula is C29H29NO6. The molecular weight excluding hydrogens is 458 g/mol. The van der Waals surface area contributed by atoms with Crippen LogP contribution in [0.25, 0.3) is 6.08 Å². The van der Waals surface area contributed by atoms with Crippen molar-refractivity contribution in [2.45, 2.75) is 25.4 Å². The Morgan fingerprint density at radius 2 is 1.58 bits per heavy atom. The Balaban J connectivity index is 1.48. The number of nitrogens with zero attached hydrogens (tertiary/aromatic N) is 1. The number of fused-ring (bicyclic) bond motifs is 1. The zero-order chi connectivity index (χ0) is 25.4. The van der Waals surface area contributed by atoms with Gasteiger partial charge in [0.1, 0.15) is 18.0 Å². The van der Waals surface area contributed by atoms with Gasteiger partial charge >= 0.3 is 12.1 Å². The molecule has 186 valence electrons. The van der Waals surface area contributed by atoms with E-state index in [-0.39, 0.29) is 32.7 Å². The lowest BCUT2D eigenvalue weighted by Crippen LogP contribution is -2.39. The van der Waals surface area contributed by atoms with Crippen LogP contribution >= 0.6 is 0 Å². The molecule has 1 aliphatic carbocycles. The number of carbonyl (C=O) groups excluding carboxylic acids is 2. The summed E-state index contributed by atoms with van der Waals surface area (Å²) in [6.07, 6.45) is 3.62. The highest BCUT2D eigenvalue weighted by Crippen LogP contribution is 2.33. The summed E-state index contributed by atoms with van der Waals surface area (Å²) in [5.41, 5.74) is 1.62. The maximum absolute atomic E-state index is 13.2. The van der Waals surface area contributed by atoms with Gasteiger partial charge in [0.05, 0.1) is 18.0 Å². The second-order valence-electron chi connectivity index (χ2n) is 8.49. The highest BCUT2D eigenvalue weighted by atomic mass is 16.6. The molecule has 0 bridgehead atoms. The summed E-state index contributed by atoms with van der Waals surface area (Å²) in [6, 6.07) is 23.9. The maximum atomic E-state index is 13.2. The Labute approximate surface area is 210 Å². The van der Waals surface area contributed by atoms with Crippen molar-refractivity contribution in [1.82, 2.24) is 0 Å².